The zero-order valence-electron chi connectivity index (χ0n) is 6.14. The quantitative estimate of drug-likeness (QED) is 0.447. The number of alkyl halides is 1. The second-order valence-corrected chi connectivity index (χ2v) is 2.39. The lowest BCUT2D eigenvalue weighted by Gasteiger charge is -2.21. The Labute approximate surface area is 63.8 Å². The molecule has 0 bridgehead atoms. The van der Waals surface area contributed by atoms with E-state index in [1.165, 1.54) is 6.92 Å². The highest BCUT2D eigenvalue weighted by Gasteiger charge is 2.27. The predicted octanol–water partition coefficient (Wildman–Crippen LogP) is -1.41. The molecular weight excluding hydrogens is 153 g/mol. The topological polar surface area (TPSA) is 83.6 Å². The fraction of sp³-hybridized carbons (Fsp3) is 0.833. The van der Waals surface area contributed by atoms with Crippen LogP contribution < -0.4 is 5.73 Å². The largest absolute Gasteiger partial charge is 0.391 e. The van der Waals surface area contributed by atoms with Crippen molar-refractivity contribution in [2.45, 2.75) is 31.3 Å². The normalized spacial score (nSPS) is 21.9. The Hall–Kier alpha value is -0.520. The molecule has 0 radical (unpaired) electrons. The van der Waals surface area contributed by atoms with E-state index in [-0.39, 0.29) is 6.29 Å². The van der Waals surface area contributed by atoms with Gasteiger partial charge in [-0.3, -0.25) is 0 Å². The molecule has 66 valence electrons. The van der Waals surface area contributed by atoms with E-state index >= 15 is 0 Å². The van der Waals surface area contributed by atoms with E-state index in [0.717, 1.165) is 0 Å². The average Bonchev–Trinajstić information content (AvgIpc) is 2.00. The van der Waals surface area contributed by atoms with E-state index in [0.29, 0.717) is 0 Å². The van der Waals surface area contributed by atoms with E-state index in [2.05, 4.69) is 0 Å². The Morgan fingerprint density at radius 2 is 2.00 bits per heavy atom. The number of rotatable bonds is 4. The molecule has 0 aliphatic rings. The van der Waals surface area contributed by atoms with Gasteiger partial charge in [0.1, 0.15) is 0 Å². The highest BCUT2D eigenvalue weighted by atomic mass is 19.1. The first-order valence-corrected chi connectivity index (χ1v) is 3.21. The van der Waals surface area contributed by atoms with Crippen LogP contribution in [0, 0.1) is 0 Å². The van der Waals surface area contributed by atoms with Gasteiger partial charge in [-0.05, 0) is 6.92 Å². The molecule has 0 aromatic heterocycles. The molecule has 0 fully saturated rings. The van der Waals surface area contributed by atoms with Crippen LogP contribution in [0.4, 0.5) is 4.39 Å². The molecule has 1 unspecified atom stereocenters. The van der Waals surface area contributed by atoms with Crippen molar-refractivity contribution in [2.24, 2.45) is 5.73 Å². The average molecular weight is 165 g/mol. The van der Waals surface area contributed by atoms with Crippen LogP contribution in [-0.2, 0) is 4.79 Å². The van der Waals surface area contributed by atoms with Crippen LogP contribution in [0.2, 0.25) is 0 Å². The third-order valence-electron chi connectivity index (χ3n) is 1.39. The van der Waals surface area contributed by atoms with Gasteiger partial charge < -0.3 is 20.7 Å². The van der Waals surface area contributed by atoms with E-state index in [4.69, 9.17) is 15.9 Å². The fourth-order valence-corrected chi connectivity index (χ4v) is 0.601. The highest BCUT2D eigenvalue weighted by molar-refractivity contribution is 5.57. The first-order chi connectivity index (χ1) is 5.00. The number of aliphatic hydroxyl groups excluding tert-OH is 2. The van der Waals surface area contributed by atoms with E-state index < -0.39 is 24.4 Å². The molecule has 4 N–H and O–H groups in total. The molecule has 11 heavy (non-hydrogen) atoms. The Balaban J connectivity index is 4.00. The van der Waals surface area contributed by atoms with Gasteiger partial charge in [-0.15, -0.1) is 0 Å². The number of hydrogen-bond acceptors (Lipinski definition) is 4. The third kappa shape index (κ3) is 2.92. The van der Waals surface area contributed by atoms with E-state index in [9.17, 15) is 9.18 Å². The molecule has 0 aromatic carbocycles. The predicted molar refractivity (Wildman–Crippen MR) is 36.6 cm³/mol. The summed E-state index contributed by atoms with van der Waals surface area (Å²) < 4.78 is 12.4. The molecule has 4 atom stereocenters. The lowest BCUT2D eigenvalue weighted by atomic mass is 10.0. The Bertz CT molecular complexity index is 131. The molecule has 0 heterocycles. The first kappa shape index (κ1) is 10.5. The van der Waals surface area contributed by atoms with Crippen molar-refractivity contribution in [3.63, 3.8) is 0 Å². The maximum Gasteiger partial charge on any atom is 0.173 e. The number of aliphatic hydroxyl groups is 2. The van der Waals surface area contributed by atoms with Crippen molar-refractivity contribution in [3.05, 3.63) is 0 Å². The van der Waals surface area contributed by atoms with Gasteiger partial charge >= 0.3 is 0 Å². The first-order valence-electron chi connectivity index (χ1n) is 3.21. The van der Waals surface area contributed by atoms with Crippen molar-refractivity contribution >= 4 is 6.29 Å². The summed E-state index contributed by atoms with van der Waals surface area (Å²) in [6.07, 6.45) is -4.48. The van der Waals surface area contributed by atoms with Crippen molar-refractivity contribution in [3.8, 4) is 0 Å². The molecule has 0 saturated carbocycles. The highest BCUT2D eigenvalue weighted by Crippen LogP contribution is 2.03. The number of halogens is 1. The van der Waals surface area contributed by atoms with Crippen LogP contribution in [0.1, 0.15) is 6.92 Å². The maximum atomic E-state index is 12.4. The SMILES string of the molecule is CC(O)[C@@H](O)[C@@H](N)[C@@H](F)C=O. The van der Waals surface area contributed by atoms with Crippen LogP contribution >= 0.6 is 0 Å². The van der Waals surface area contributed by atoms with Crippen LogP contribution in [0.3, 0.4) is 0 Å². The molecule has 5 heteroatoms. The number of carbonyl (C=O) groups excluding carboxylic acids is 1. The van der Waals surface area contributed by atoms with Crippen LogP contribution in [0.5, 0.6) is 0 Å². The van der Waals surface area contributed by atoms with Gasteiger partial charge in [0.15, 0.2) is 12.5 Å². The lowest BCUT2D eigenvalue weighted by Crippen LogP contribution is -2.48. The van der Waals surface area contributed by atoms with Gasteiger partial charge in [0.25, 0.3) is 0 Å². The molecule has 0 spiro atoms. The number of carbonyl (C=O) groups is 1. The van der Waals surface area contributed by atoms with Gasteiger partial charge in [-0.25, -0.2) is 4.39 Å². The van der Waals surface area contributed by atoms with Gasteiger partial charge in [0.05, 0.1) is 18.2 Å². The standard InChI is InChI=1S/C6H12FNO3/c1-3(10)6(11)5(8)4(7)2-9/h2-6,10-11H,8H2,1H3/t3?,4-,5-,6+/m0/s1. The van der Waals surface area contributed by atoms with Crippen molar-refractivity contribution in [1.82, 2.24) is 0 Å². The number of nitrogens with two attached hydrogens (primary N) is 1. The lowest BCUT2D eigenvalue weighted by molar-refractivity contribution is -0.114. The molecule has 0 saturated heterocycles. The molecule has 0 aliphatic carbocycles. The van der Waals surface area contributed by atoms with Gasteiger partial charge in [-0.1, -0.05) is 0 Å². The zero-order valence-corrected chi connectivity index (χ0v) is 6.14. The number of aldehydes is 1. The van der Waals surface area contributed by atoms with Crippen molar-refractivity contribution in [2.75, 3.05) is 0 Å². The van der Waals surface area contributed by atoms with E-state index in [1.807, 2.05) is 0 Å². The molecule has 0 aliphatic heterocycles. The van der Waals surface area contributed by atoms with Crippen LogP contribution in [0.25, 0.3) is 0 Å². The summed E-state index contributed by atoms with van der Waals surface area (Å²) in [5.74, 6) is 0. The minimum Gasteiger partial charge on any atom is -0.391 e. The summed E-state index contributed by atoms with van der Waals surface area (Å²) in [7, 11) is 0. The Morgan fingerprint density at radius 3 is 2.27 bits per heavy atom. The summed E-state index contributed by atoms with van der Waals surface area (Å²) >= 11 is 0. The molecular formula is C6H12FNO3. The summed E-state index contributed by atoms with van der Waals surface area (Å²) in [6, 6.07) is -1.35. The summed E-state index contributed by atoms with van der Waals surface area (Å²) in [4.78, 5) is 9.83. The smallest absolute Gasteiger partial charge is 0.173 e. The monoisotopic (exact) mass is 165 g/mol. The second kappa shape index (κ2) is 4.38. The maximum absolute atomic E-state index is 12.4. The minimum absolute atomic E-state index is 0.00370. The van der Waals surface area contributed by atoms with Crippen molar-refractivity contribution < 1.29 is 19.4 Å². The van der Waals surface area contributed by atoms with Crippen LogP contribution in [-0.4, -0.2) is 40.9 Å². The van der Waals surface area contributed by atoms with Crippen molar-refractivity contribution in [1.29, 1.82) is 0 Å². The molecule has 0 aromatic rings. The fourth-order valence-electron chi connectivity index (χ4n) is 0.601. The minimum atomic E-state index is -1.93. The molecule has 0 amide bonds. The zero-order chi connectivity index (χ0) is 9.02. The molecule has 0 rings (SSSR count). The van der Waals surface area contributed by atoms with Gasteiger partial charge in [-0.2, -0.15) is 0 Å². The summed E-state index contributed by atoms with van der Waals surface area (Å²) in [6.45, 7) is 1.27. The van der Waals surface area contributed by atoms with Gasteiger partial charge in [0, 0.05) is 0 Å². The van der Waals surface area contributed by atoms with Gasteiger partial charge in [0.2, 0.25) is 0 Å². The summed E-state index contributed by atoms with van der Waals surface area (Å²) in [5.41, 5.74) is 5.06. The van der Waals surface area contributed by atoms with Crippen LogP contribution in [0.15, 0.2) is 0 Å². The number of hydrogen-bond donors (Lipinski definition) is 3. The summed E-state index contributed by atoms with van der Waals surface area (Å²) in [5, 5.41) is 17.6. The Kier molecular flexibility index (Phi) is 4.17. The third-order valence-corrected chi connectivity index (χ3v) is 1.39. The second-order valence-electron chi connectivity index (χ2n) is 2.39. The molecule has 4 nitrogen and oxygen atoms in total. The van der Waals surface area contributed by atoms with E-state index in [1.54, 1.807) is 0 Å². The Morgan fingerprint density at radius 1 is 1.55 bits per heavy atom.